The molecule has 4 nitrogen and oxygen atoms in total. The second kappa shape index (κ2) is 4.89. The molecule has 1 aromatic heterocycles. The molecule has 0 radical (unpaired) electrons. The summed E-state index contributed by atoms with van der Waals surface area (Å²) >= 11 is 0. The van der Waals surface area contributed by atoms with Crippen LogP contribution in [0, 0.1) is 5.41 Å². The van der Waals surface area contributed by atoms with Crippen LogP contribution < -0.4 is 4.90 Å². The molecule has 2 aromatic rings. The number of rotatable bonds is 2. The molecule has 1 aromatic carbocycles. The van der Waals surface area contributed by atoms with E-state index in [4.69, 9.17) is 5.41 Å². The number of hydrogen-bond donors (Lipinski definition) is 1. The van der Waals surface area contributed by atoms with E-state index in [0.29, 0.717) is 24.4 Å². The molecule has 3 rings (SSSR count). The van der Waals surface area contributed by atoms with Crippen molar-refractivity contribution in [2.45, 2.75) is 13.3 Å². The molecule has 2 heterocycles. The molecule has 0 aliphatic carbocycles. The minimum absolute atomic E-state index is 0.0489. The van der Waals surface area contributed by atoms with Gasteiger partial charge in [0.2, 0.25) is 0 Å². The smallest absolute Gasteiger partial charge is 0.178 e. The summed E-state index contributed by atoms with van der Waals surface area (Å²) in [5, 5.41) is 8.00. The number of pyridine rings is 1. The number of ketones is 1. The van der Waals surface area contributed by atoms with Gasteiger partial charge in [-0.1, -0.05) is 24.3 Å². The molecule has 1 aliphatic rings. The van der Waals surface area contributed by atoms with Crippen LogP contribution in [0.3, 0.4) is 0 Å². The minimum Gasteiger partial charge on any atom is -0.320 e. The molecule has 0 unspecified atom stereocenters. The van der Waals surface area contributed by atoms with Crippen LogP contribution in [0.25, 0.3) is 0 Å². The van der Waals surface area contributed by atoms with Gasteiger partial charge in [-0.05, 0) is 23.8 Å². The Balaban J connectivity index is 2.08. The van der Waals surface area contributed by atoms with Gasteiger partial charge in [-0.3, -0.25) is 4.79 Å². The molecule has 0 amide bonds. The number of fused-ring (bicyclic) bond motifs is 1. The van der Waals surface area contributed by atoms with E-state index in [1.165, 1.54) is 6.92 Å². The molecule has 0 fully saturated rings. The molecule has 1 N–H and O–H groups in total. The van der Waals surface area contributed by atoms with Crippen LogP contribution in [0.2, 0.25) is 0 Å². The largest absolute Gasteiger partial charge is 0.320 e. The SMILES string of the molecule is CC(=O)c1cccc(N2CC(=N)Cc3ccccc32)n1. The van der Waals surface area contributed by atoms with Gasteiger partial charge in [0.05, 0.1) is 6.54 Å². The topological polar surface area (TPSA) is 57.1 Å². The Bertz CT molecular complexity index is 694. The van der Waals surface area contributed by atoms with Gasteiger partial charge >= 0.3 is 0 Å². The molecule has 1 aliphatic heterocycles. The van der Waals surface area contributed by atoms with Crippen LogP contribution in [0.5, 0.6) is 0 Å². The molecule has 0 bridgehead atoms. The number of hydrogen-bond acceptors (Lipinski definition) is 4. The third-order valence-electron chi connectivity index (χ3n) is 3.41. The van der Waals surface area contributed by atoms with Crippen LogP contribution in [-0.2, 0) is 6.42 Å². The summed E-state index contributed by atoms with van der Waals surface area (Å²) in [6.07, 6.45) is 0.680. The van der Waals surface area contributed by atoms with Crippen molar-refractivity contribution in [1.29, 1.82) is 5.41 Å². The quantitative estimate of drug-likeness (QED) is 0.849. The highest BCUT2D eigenvalue weighted by molar-refractivity contribution is 5.95. The Hall–Kier alpha value is -2.49. The lowest BCUT2D eigenvalue weighted by molar-refractivity contribution is 0.101. The number of carbonyl (C=O) groups is 1. The number of Topliss-reactive ketones (excluding diaryl/α,β-unsaturated/α-hetero) is 1. The van der Waals surface area contributed by atoms with Gasteiger partial charge in [-0.15, -0.1) is 0 Å². The van der Waals surface area contributed by atoms with Crippen molar-refractivity contribution >= 4 is 23.0 Å². The summed E-state index contributed by atoms with van der Waals surface area (Å²) in [6.45, 7) is 2.03. The van der Waals surface area contributed by atoms with E-state index in [-0.39, 0.29) is 5.78 Å². The lowest BCUT2D eigenvalue weighted by Gasteiger charge is -2.30. The van der Waals surface area contributed by atoms with Gasteiger partial charge in [0.25, 0.3) is 0 Å². The van der Waals surface area contributed by atoms with E-state index in [2.05, 4.69) is 4.98 Å². The first kappa shape index (κ1) is 12.5. The number of nitrogens with one attached hydrogen (secondary N) is 1. The highest BCUT2D eigenvalue weighted by Gasteiger charge is 2.22. The van der Waals surface area contributed by atoms with Crippen LogP contribution >= 0.6 is 0 Å². The minimum atomic E-state index is -0.0489. The average molecular weight is 265 g/mol. The Morgan fingerprint density at radius 3 is 2.80 bits per heavy atom. The van der Waals surface area contributed by atoms with Gasteiger partial charge < -0.3 is 10.3 Å². The average Bonchev–Trinajstić information content (AvgIpc) is 2.46. The normalized spacial score (nSPS) is 14.1. The fraction of sp³-hybridized carbons (Fsp3) is 0.188. The van der Waals surface area contributed by atoms with E-state index in [0.717, 1.165) is 17.1 Å². The van der Waals surface area contributed by atoms with Crippen molar-refractivity contribution in [3.05, 3.63) is 53.7 Å². The van der Waals surface area contributed by atoms with E-state index >= 15 is 0 Å². The Morgan fingerprint density at radius 1 is 1.20 bits per heavy atom. The first-order valence-corrected chi connectivity index (χ1v) is 6.55. The third kappa shape index (κ3) is 2.20. The lowest BCUT2D eigenvalue weighted by Crippen LogP contribution is -2.32. The van der Waals surface area contributed by atoms with Gasteiger partial charge in [0.1, 0.15) is 11.5 Å². The summed E-state index contributed by atoms with van der Waals surface area (Å²) in [4.78, 5) is 17.9. The molecule has 0 saturated heterocycles. The number of aromatic nitrogens is 1. The highest BCUT2D eigenvalue weighted by Crippen LogP contribution is 2.31. The van der Waals surface area contributed by atoms with Crippen molar-refractivity contribution in [3.63, 3.8) is 0 Å². The summed E-state index contributed by atoms with van der Waals surface area (Å²) in [5.41, 5.74) is 3.30. The Morgan fingerprint density at radius 2 is 2.00 bits per heavy atom. The van der Waals surface area contributed by atoms with Crippen molar-refractivity contribution in [3.8, 4) is 0 Å². The van der Waals surface area contributed by atoms with Crippen molar-refractivity contribution < 1.29 is 4.79 Å². The summed E-state index contributed by atoms with van der Waals surface area (Å²) in [7, 11) is 0. The standard InChI is InChI=1S/C16H15N3O/c1-11(20)14-6-4-8-16(18-14)19-10-13(17)9-12-5-2-3-7-15(12)19/h2-8,17H,9-10H2,1H3. The Labute approximate surface area is 117 Å². The van der Waals surface area contributed by atoms with Crippen LogP contribution in [-0.4, -0.2) is 23.0 Å². The van der Waals surface area contributed by atoms with Crippen molar-refractivity contribution in [1.82, 2.24) is 4.98 Å². The van der Waals surface area contributed by atoms with E-state index in [9.17, 15) is 4.79 Å². The fourth-order valence-electron chi connectivity index (χ4n) is 2.46. The third-order valence-corrected chi connectivity index (χ3v) is 3.41. The number of benzene rings is 1. The molecule has 0 saturated carbocycles. The van der Waals surface area contributed by atoms with Gasteiger partial charge in [-0.25, -0.2) is 4.98 Å². The lowest BCUT2D eigenvalue weighted by atomic mass is 10.0. The zero-order valence-corrected chi connectivity index (χ0v) is 11.3. The summed E-state index contributed by atoms with van der Waals surface area (Å²) in [5.74, 6) is 0.668. The number of carbonyl (C=O) groups excluding carboxylic acids is 1. The summed E-state index contributed by atoms with van der Waals surface area (Å²) in [6, 6.07) is 13.5. The number of nitrogens with zero attached hydrogens (tertiary/aromatic N) is 2. The van der Waals surface area contributed by atoms with E-state index in [1.807, 2.05) is 41.3 Å². The van der Waals surface area contributed by atoms with Crippen molar-refractivity contribution in [2.24, 2.45) is 0 Å². The first-order chi connectivity index (χ1) is 9.65. The second-order valence-electron chi connectivity index (χ2n) is 4.93. The maximum absolute atomic E-state index is 11.5. The fourth-order valence-corrected chi connectivity index (χ4v) is 2.46. The Kier molecular flexibility index (Phi) is 3.06. The summed E-state index contributed by atoms with van der Waals surface area (Å²) < 4.78 is 0. The van der Waals surface area contributed by atoms with Gasteiger partial charge in [-0.2, -0.15) is 0 Å². The number of anilines is 2. The first-order valence-electron chi connectivity index (χ1n) is 6.55. The zero-order chi connectivity index (χ0) is 14.1. The molecular formula is C16H15N3O. The molecule has 0 atom stereocenters. The second-order valence-corrected chi connectivity index (χ2v) is 4.93. The van der Waals surface area contributed by atoms with Gasteiger partial charge in [0, 0.05) is 24.7 Å². The highest BCUT2D eigenvalue weighted by atomic mass is 16.1. The predicted octanol–water partition coefficient (Wildman–Crippen LogP) is 3.00. The molecule has 20 heavy (non-hydrogen) atoms. The molecule has 0 spiro atoms. The zero-order valence-electron chi connectivity index (χ0n) is 11.3. The predicted molar refractivity (Wildman–Crippen MR) is 79.1 cm³/mol. The monoisotopic (exact) mass is 265 g/mol. The van der Waals surface area contributed by atoms with E-state index < -0.39 is 0 Å². The maximum Gasteiger partial charge on any atom is 0.178 e. The number of para-hydroxylation sites is 1. The van der Waals surface area contributed by atoms with E-state index in [1.54, 1.807) is 6.07 Å². The molecule has 100 valence electrons. The van der Waals surface area contributed by atoms with Crippen LogP contribution in [0.4, 0.5) is 11.5 Å². The van der Waals surface area contributed by atoms with Crippen LogP contribution in [0.15, 0.2) is 42.5 Å². The maximum atomic E-state index is 11.5. The van der Waals surface area contributed by atoms with Gasteiger partial charge in [0.15, 0.2) is 5.78 Å². The molecular weight excluding hydrogens is 250 g/mol. The van der Waals surface area contributed by atoms with Crippen LogP contribution in [0.1, 0.15) is 23.0 Å². The molecule has 4 heteroatoms. The van der Waals surface area contributed by atoms with Crippen molar-refractivity contribution in [2.75, 3.05) is 11.4 Å².